The van der Waals surface area contributed by atoms with E-state index in [-0.39, 0.29) is 0 Å². The molecule has 57 heavy (non-hydrogen) atoms. The molecule has 0 saturated carbocycles. The number of rotatable bonds is 7. The van der Waals surface area contributed by atoms with E-state index in [1.54, 1.807) is 0 Å². The Morgan fingerprint density at radius 2 is 0.947 bits per heavy atom. The van der Waals surface area contributed by atoms with Gasteiger partial charge in [-0.2, -0.15) is 0 Å². The summed E-state index contributed by atoms with van der Waals surface area (Å²) in [4.78, 5) is 2.43. The molecule has 0 atom stereocenters. The lowest BCUT2D eigenvalue weighted by Crippen LogP contribution is -2.11. The summed E-state index contributed by atoms with van der Waals surface area (Å²) in [5.41, 5.74) is 15.4. The molecule has 2 aromatic heterocycles. The zero-order valence-corrected chi connectivity index (χ0v) is 31.1. The zero-order chi connectivity index (χ0) is 37.7. The second kappa shape index (κ2) is 13.6. The van der Waals surface area contributed by atoms with Crippen LogP contribution in [-0.2, 0) is 0 Å². The van der Waals surface area contributed by atoms with Crippen LogP contribution in [0, 0.1) is 0 Å². The third-order valence-corrected chi connectivity index (χ3v) is 11.2. The Kier molecular flexibility index (Phi) is 7.82. The molecule has 0 aliphatic heterocycles. The minimum atomic E-state index is 0.860. The maximum absolute atomic E-state index is 6.60. The van der Waals surface area contributed by atoms with Gasteiger partial charge in [0.05, 0.1) is 16.7 Å². The van der Waals surface area contributed by atoms with E-state index in [1.807, 2.05) is 6.07 Å². The van der Waals surface area contributed by atoms with Crippen LogP contribution in [0.25, 0.3) is 82.8 Å². The number of hydrogen-bond donors (Lipinski definition) is 0. The topological polar surface area (TPSA) is 21.3 Å². The normalized spacial score (nSPS) is 11.5. The molecule has 3 nitrogen and oxygen atoms in total. The second-order valence-corrected chi connectivity index (χ2v) is 14.5. The van der Waals surface area contributed by atoms with Crippen molar-refractivity contribution in [2.75, 3.05) is 4.90 Å². The maximum atomic E-state index is 6.60. The van der Waals surface area contributed by atoms with Crippen molar-refractivity contribution in [2.45, 2.75) is 0 Å². The summed E-state index contributed by atoms with van der Waals surface area (Å²) >= 11 is 0. The Labute approximate surface area is 330 Å². The lowest BCUT2D eigenvalue weighted by Gasteiger charge is -2.29. The summed E-state index contributed by atoms with van der Waals surface area (Å²) in [5.74, 6) is 0. The fourth-order valence-electron chi connectivity index (χ4n) is 8.65. The lowest BCUT2D eigenvalue weighted by molar-refractivity contribution is 0.669. The van der Waals surface area contributed by atoms with Crippen molar-refractivity contribution < 1.29 is 4.42 Å². The van der Waals surface area contributed by atoms with Crippen molar-refractivity contribution >= 4 is 60.8 Å². The van der Waals surface area contributed by atoms with E-state index in [0.717, 1.165) is 72.5 Å². The van der Waals surface area contributed by atoms with Crippen molar-refractivity contribution in [1.29, 1.82) is 0 Å². The molecule has 0 amide bonds. The van der Waals surface area contributed by atoms with Crippen molar-refractivity contribution in [3.8, 4) is 39.1 Å². The molecule has 0 fully saturated rings. The SMILES string of the molecule is c1ccc(-c2ccc(N(c3ccc4c(c3)c3ccccc3n4-c3ccccc3)c3ccc4oc5ccccc5c4c3-c3ccccc3-c3ccccc3)cc2)cc1. The van der Waals surface area contributed by atoms with E-state index in [4.69, 9.17) is 4.42 Å². The molecule has 11 rings (SSSR count). The Morgan fingerprint density at radius 3 is 1.72 bits per heavy atom. The van der Waals surface area contributed by atoms with Crippen LogP contribution in [0.5, 0.6) is 0 Å². The first-order chi connectivity index (χ1) is 28.3. The molecule has 0 aliphatic rings. The lowest BCUT2D eigenvalue weighted by atomic mass is 9.90. The van der Waals surface area contributed by atoms with Crippen LogP contribution in [0.3, 0.4) is 0 Å². The van der Waals surface area contributed by atoms with E-state index in [1.165, 1.54) is 27.4 Å². The Hall–Kier alpha value is -7.62. The number of hydrogen-bond acceptors (Lipinski definition) is 2. The molecule has 0 unspecified atom stereocenters. The number of anilines is 3. The highest BCUT2D eigenvalue weighted by Gasteiger charge is 2.25. The highest BCUT2D eigenvalue weighted by molar-refractivity contribution is 6.18. The smallest absolute Gasteiger partial charge is 0.136 e. The molecule has 9 aromatic carbocycles. The molecule has 11 aromatic rings. The standard InChI is InChI=1S/C54H36N2O/c1-4-16-37(17-5-1)38-28-30-41(31-29-38)55(42-32-33-49-47(36-42)44-23-12-14-26-48(44)56(49)40-20-8-3-9-21-40)50-34-35-52-54(46-25-13-15-27-51(46)57-52)53(50)45-24-11-10-22-43(45)39-18-6-2-7-19-39/h1-36H. The quantitative estimate of drug-likeness (QED) is 0.163. The first kappa shape index (κ1) is 32.8. The minimum absolute atomic E-state index is 0.860. The largest absolute Gasteiger partial charge is 0.456 e. The number of para-hydroxylation sites is 3. The number of furan rings is 1. The van der Waals surface area contributed by atoms with Gasteiger partial charge in [0.25, 0.3) is 0 Å². The zero-order valence-electron chi connectivity index (χ0n) is 31.1. The van der Waals surface area contributed by atoms with Crippen molar-refractivity contribution in [2.24, 2.45) is 0 Å². The molecule has 268 valence electrons. The van der Waals surface area contributed by atoms with Crippen molar-refractivity contribution in [3.05, 3.63) is 218 Å². The van der Waals surface area contributed by atoms with E-state index >= 15 is 0 Å². The van der Waals surface area contributed by atoms with Gasteiger partial charge in [0.1, 0.15) is 11.2 Å². The van der Waals surface area contributed by atoms with E-state index in [2.05, 4.69) is 222 Å². The van der Waals surface area contributed by atoms with E-state index < -0.39 is 0 Å². The number of fused-ring (bicyclic) bond motifs is 6. The molecule has 3 heteroatoms. The van der Waals surface area contributed by atoms with Gasteiger partial charge in [-0.25, -0.2) is 0 Å². The average Bonchev–Trinajstić information content (AvgIpc) is 3.83. The molecule has 0 radical (unpaired) electrons. The van der Waals surface area contributed by atoms with E-state index in [9.17, 15) is 0 Å². The van der Waals surface area contributed by atoms with Crippen LogP contribution < -0.4 is 4.90 Å². The van der Waals surface area contributed by atoms with Crippen LogP contribution >= 0.6 is 0 Å². The van der Waals surface area contributed by atoms with Gasteiger partial charge in [-0.05, 0) is 94.5 Å². The van der Waals surface area contributed by atoms with Crippen LogP contribution in [0.2, 0.25) is 0 Å². The Balaban J connectivity index is 1.22. The van der Waals surface area contributed by atoms with Gasteiger partial charge in [0.2, 0.25) is 0 Å². The fourth-order valence-corrected chi connectivity index (χ4v) is 8.65. The average molecular weight is 729 g/mol. The van der Waals surface area contributed by atoms with Gasteiger partial charge in [0.15, 0.2) is 0 Å². The summed E-state index contributed by atoms with van der Waals surface area (Å²) < 4.78 is 8.97. The monoisotopic (exact) mass is 728 g/mol. The third kappa shape index (κ3) is 5.51. The number of nitrogens with zero attached hydrogens (tertiary/aromatic N) is 2. The van der Waals surface area contributed by atoms with Gasteiger partial charge in [-0.15, -0.1) is 0 Å². The van der Waals surface area contributed by atoms with Crippen molar-refractivity contribution in [3.63, 3.8) is 0 Å². The Morgan fingerprint density at radius 1 is 0.368 bits per heavy atom. The maximum Gasteiger partial charge on any atom is 0.136 e. The third-order valence-electron chi connectivity index (χ3n) is 11.2. The molecule has 2 heterocycles. The predicted octanol–water partition coefficient (Wildman–Crippen LogP) is 15.2. The highest BCUT2D eigenvalue weighted by Crippen LogP contribution is 2.50. The second-order valence-electron chi connectivity index (χ2n) is 14.5. The van der Waals surface area contributed by atoms with Crippen LogP contribution in [-0.4, -0.2) is 4.57 Å². The van der Waals surface area contributed by atoms with Crippen LogP contribution in [0.15, 0.2) is 223 Å². The fraction of sp³-hybridized carbons (Fsp3) is 0. The summed E-state index contributed by atoms with van der Waals surface area (Å²) in [6, 6.07) is 78.1. The number of benzene rings is 9. The number of aromatic nitrogens is 1. The molecule has 0 bridgehead atoms. The van der Waals surface area contributed by atoms with Gasteiger partial charge >= 0.3 is 0 Å². The summed E-state index contributed by atoms with van der Waals surface area (Å²) in [5, 5.41) is 4.59. The van der Waals surface area contributed by atoms with E-state index in [0.29, 0.717) is 0 Å². The van der Waals surface area contributed by atoms with Gasteiger partial charge in [-0.3, -0.25) is 0 Å². The van der Waals surface area contributed by atoms with Crippen molar-refractivity contribution in [1.82, 2.24) is 4.57 Å². The molecule has 0 aliphatic carbocycles. The predicted molar refractivity (Wildman–Crippen MR) is 239 cm³/mol. The highest BCUT2D eigenvalue weighted by atomic mass is 16.3. The molecular weight excluding hydrogens is 693 g/mol. The molecule has 0 N–H and O–H groups in total. The molecular formula is C54H36N2O. The van der Waals surface area contributed by atoms with Crippen LogP contribution in [0.4, 0.5) is 17.1 Å². The molecule has 0 spiro atoms. The van der Waals surface area contributed by atoms with Gasteiger partial charge in [-0.1, -0.05) is 152 Å². The molecule has 0 saturated heterocycles. The Bertz CT molecular complexity index is 3220. The van der Waals surface area contributed by atoms with Gasteiger partial charge < -0.3 is 13.9 Å². The van der Waals surface area contributed by atoms with Gasteiger partial charge in [0, 0.05) is 44.2 Å². The summed E-state index contributed by atoms with van der Waals surface area (Å²) in [6.07, 6.45) is 0. The minimum Gasteiger partial charge on any atom is -0.456 e. The van der Waals surface area contributed by atoms with Crippen LogP contribution in [0.1, 0.15) is 0 Å². The first-order valence-electron chi connectivity index (χ1n) is 19.4. The summed E-state index contributed by atoms with van der Waals surface area (Å²) in [7, 11) is 0. The first-order valence-corrected chi connectivity index (χ1v) is 19.4. The summed E-state index contributed by atoms with van der Waals surface area (Å²) in [6.45, 7) is 0.